The minimum atomic E-state index is -0.653. The van der Waals surface area contributed by atoms with Gasteiger partial charge in [-0.25, -0.2) is 0 Å². The molecule has 2 rings (SSSR count). The molecule has 0 saturated heterocycles. The summed E-state index contributed by atoms with van der Waals surface area (Å²) in [5.74, 6) is -0.959. The zero-order valence-corrected chi connectivity index (χ0v) is 14.7. The van der Waals surface area contributed by atoms with Crippen molar-refractivity contribution in [1.82, 2.24) is 10.6 Å². The van der Waals surface area contributed by atoms with E-state index in [1.54, 1.807) is 4.90 Å². The molecule has 0 spiro atoms. The molecule has 0 fully saturated rings. The van der Waals surface area contributed by atoms with Crippen molar-refractivity contribution in [3.63, 3.8) is 0 Å². The van der Waals surface area contributed by atoms with Gasteiger partial charge in [-0.3, -0.25) is 14.4 Å². The van der Waals surface area contributed by atoms with Crippen molar-refractivity contribution in [3.05, 3.63) is 29.8 Å². The first-order chi connectivity index (χ1) is 11.9. The van der Waals surface area contributed by atoms with E-state index in [4.69, 9.17) is 5.73 Å². The zero-order valence-electron chi connectivity index (χ0n) is 14.7. The summed E-state index contributed by atoms with van der Waals surface area (Å²) in [6.07, 6.45) is 1.86. The normalized spacial score (nSPS) is 14.6. The predicted octanol–water partition coefficient (Wildman–Crippen LogP) is 0.182. The lowest BCUT2D eigenvalue weighted by atomic mass is 10.0. The summed E-state index contributed by atoms with van der Waals surface area (Å²) in [7, 11) is 0. The van der Waals surface area contributed by atoms with Gasteiger partial charge in [0.05, 0.1) is 19.1 Å². The van der Waals surface area contributed by atoms with Crippen molar-refractivity contribution in [2.24, 2.45) is 11.7 Å². The Balaban J connectivity index is 1.81. The molecule has 0 aliphatic carbocycles. The first-order valence-corrected chi connectivity index (χ1v) is 8.58. The summed E-state index contributed by atoms with van der Waals surface area (Å²) in [5.41, 5.74) is 7.76. The van der Waals surface area contributed by atoms with Crippen LogP contribution in [0.2, 0.25) is 0 Å². The molecule has 136 valence electrons. The molecule has 0 bridgehead atoms. The van der Waals surface area contributed by atoms with E-state index < -0.39 is 11.9 Å². The molecule has 7 nitrogen and oxygen atoms in total. The summed E-state index contributed by atoms with van der Waals surface area (Å²) in [6, 6.07) is 7.14. The second-order valence-corrected chi connectivity index (χ2v) is 6.54. The lowest BCUT2D eigenvalue weighted by Crippen LogP contribution is -2.48. The van der Waals surface area contributed by atoms with Crippen LogP contribution >= 0.6 is 0 Å². The van der Waals surface area contributed by atoms with Crippen molar-refractivity contribution < 1.29 is 14.4 Å². The molecule has 25 heavy (non-hydrogen) atoms. The number of carbonyl (C=O) groups excluding carboxylic acids is 3. The average molecular weight is 346 g/mol. The van der Waals surface area contributed by atoms with E-state index >= 15 is 0 Å². The SMILES string of the molecule is CC(C)[C@H](N)C(=O)NCC(=O)NCC(=O)N1CCCc2ccccc21. The second kappa shape index (κ2) is 8.62. The molecule has 0 unspecified atom stereocenters. The highest BCUT2D eigenvalue weighted by atomic mass is 16.2. The van der Waals surface area contributed by atoms with Gasteiger partial charge in [0.15, 0.2) is 0 Å². The summed E-state index contributed by atoms with van der Waals surface area (Å²) in [4.78, 5) is 37.7. The molecule has 1 atom stereocenters. The van der Waals surface area contributed by atoms with Crippen molar-refractivity contribution in [2.75, 3.05) is 24.5 Å². The maximum Gasteiger partial charge on any atom is 0.246 e. The number of rotatable bonds is 6. The van der Waals surface area contributed by atoms with Crippen LogP contribution in [-0.2, 0) is 20.8 Å². The van der Waals surface area contributed by atoms with Crippen molar-refractivity contribution >= 4 is 23.4 Å². The Morgan fingerprint density at radius 1 is 1.16 bits per heavy atom. The number of fused-ring (bicyclic) bond motifs is 1. The smallest absolute Gasteiger partial charge is 0.246 e. The number of benzene rings is 1. The van der Waals surface area contributed by atoms with Crippen molar-refractivity contribution in [3.8, 4) is 0 Å². The van der Waals surface area contributed by atoms with Gasteiger partial charge >= 0.3 is 0 Å². The molecule has 7 heteroatoms. The largest absolute Gasteiger partial charge is 0.346 e. The summed E-state index contributed by atoms with van der Waals surface area (Å²) >= 11 is 0. The third kappa shape index (κ3) is 5.03. The predicted molar refractivity (Wildman–Crippen MR) is 95.9 cm³/mol. The Morgan fingerprint density at radius 2 is 1.88 bits per heavy atom. The Morgan fingerprint density at radius 3 is 2.60 bits per heavy atom. The van der Waals surface area contributed by atoms with Gasteiger partial charge in [-0.1, -0.05) is 32.0 Å². The molecular formula is C18H26N4O3. The van der Waals surface area contributed by atoms with Gasteiger partial charge < -0.3 is 21.3 Å². The van der Waals surface area contributed by atoms with Gasteiger partial charge in [-0.2, -0.15) is 0 Å². The monoisotopic (exact) mass is 346 g/mol. The third-order valence-electron chi connectivity index (χ3n) is 4.29. The van der Waals surface area contributed by atoms with Crippen LogP contribution in [-0.4, -0.2) is 43.4 Å². The van der Waals surface area contributed by atoms with E-state index in [1.165, 1.54) is 0 Å². The topological polar surface area (TPSA) is 105 Å². The van der Waals surface area contributed by atoms with Crippen LogP contribution in [0.25, 0.3) is 0 Å². The average Bonchev–Trinajstić information content (AvgIpc) is 2.62. The maximum absolute atomic E-state index is 12.4. The molecule has 0 radical (unpaired) electrons. The second-order valence-electron chi connectivity index (χ2n) is 6.54. The molecular weight excluding hydrogens is 320 g/mol. The Labute approximate surface area is 147 Å². The van der Waals surface area contributed by atoms with Crippen molar-refractivity contribution in [2.45, 2.75) is 32.7 Å². The van der Waals surface area contributed by atoms with Crippen LogP contribution in [0.4, 0.5) is 5.69 Å². The Kier molecular flexibility index (Phi) is 6.52. The van der Waals surface area contributed by atoms with E-state index in [0.29, 0.717) is 6.54 Å². The molecule has 1 heterocycles. The molecule has 1 aromatic carbocycles. The fourth-order valence-electron chi connectivity index (χ4n) is 2.71. The summed E-state index contributed by atoms with van der Waals surface area (Å²) < 4.78 is 0. The highest BCUT2D eigenvalue weighted by Gasteiger charge is 2.22. The third-order valence-corrected chi connectivity index (χ3v) is 4.29. The summed E-state index contributed by atoms with van der Waals surface area (Å²) in [5, 5.41) is 5.03. The van der Waals surface area contributed by atoms with E-state index in [0.717, 1.165) is 24.1 Å². The molecule has 0 saturated carbocycles. The minimum absolute atomic E-state index is 0.0104. The fourth-order valence-corrected chi connectivity index (χ4v) is 2.71. The van der Waals surface area contributed by atoms with Crippen LogP contribution in [0.3, 0.4) is 0 Å². The minimum Gasteiger partial charge on any atom is -0.346 e. The molecule has 0 aromatic heterocycles. The van der Waals surface area contributed by atoms with Gasteiger partial charge in [-0.15, -0.1) is 0 Å². The van der Waals surface area contributed by atoms with Crippen LogP contribution in [0.5, 0.6) is 0 Å². The van der Waals surface area contributed by atoms with E-state index in [-0.39, 0.29) is 30.8 Å². The van der Waals surface area contributed by atoms with E-state index in [2.05, 4.69) is 10.6 Å². The van der Waals surface area contributed by atoms with Crippen molar-refractivity contribution in [1.29, 1.82) is 0 Å². The first-order valence-electron chi connectivity index (χ1n) is 8.58. The number of nitrogens with zero attached hydrogens (tertiary/aromatic N) is 1. The molecule has 1 aromatic rings. The number of nitrogens with one attached hydrogen (secondary N) is 2. The first kappa shape index (κ1) is 18.9. The number of amides is 3. The lowest BCUT2D eigenvalue weighted by Gasteiger charge is -2.29. The highest BCUT2D eigenvalue weighted by molar-refractivity contribution is 5.98. The van der Waals surface area contributed by atoms with Crippen LogP contribution < -0.4 is 21.3 Å². The highest BCUT2D eigenvalue weighted by Crippen LogP contribution is 2.26. The molecule has 3 amide bonds. The number of carbonyl (C=O) groups is 3. The van der Waals surface area contributed by atoms with Crippen LogP contribution in [0, 0.1) is 5.92 Å². The van der Waals surface area contributed by atoms with Gasteiger partial charge in [0, 0.05) is 12.2 Å². The van der Waals surface area contributed by atoms with Gasteiger partial charge in [0.2, 0.25) is 17.7 Å². The molecule has 1 aliphatic heterocycles. The van der Waals surface area contributed by atoms with Crippen LogP contribution in [0.15, 0.2) is 24.3 Å². The fraction of sp³-hybridized carbons (Fsp3) is 0.500. The number of nitrogens with two attached hydrogens (primary N) is 1. The van der Waals surface area contributed by atoms with Gasteiger partial charge in [-0.05, 0) is 30.4 Å². The van der Waals surface area contributed by atoms with Gasteiger partial charge in [0.1, 0.15) is 0 Å². The standard InChI is InChI=1S/C18H26N4O3/c1-12(2)17(19)18(25)21-10-15(23)20-11-16(24)22-9-5-7-13-6-3-4-8-14(13)22/h3-4,6,8,12,17H,5,7,9-11,19H2,1-2H3,(H,20,23)(H,21,25)/t17-/m0/s1. The zero-order chi connectivity index (χ0) is 18.4. The Hall–Kier alpha value is -2.41. The number of hydrogen-bond acceptors (Lipinski definition) is 4. The Bertz CT molecular complexity index is 645. The molecule has 1 aliphatic rings. The lowest BCUT2D eigenvalue weighted by molar-refractivity contribution is -0.128. The van der Waals surface area contributed by atoms with E-state index in [9.17, 15) is 14.4 Å². The number of anilines is 1. The summed E-state index contributed by atoms with van der Waals surface area (Å²) in [6.45, 7) is 4.02. The number of aryl methyl sites for hydroxylation is 1. The van der Waals surface area contributed by atoms with E-state index in [1.807, 2.05) is 38.1 Å². The maximum atomic E-state index is 12.4. The number of para-hydroxylation sites is 1. The van der Waals surface area contributed by atoms with Gasteiger partial charge in [0.25, 0.3) is 0 Å². The molecule has 4 N–H and O–H groups in total. The van der Waals surface area contributed by atoms with Crippen LogP contribution in [0.1, 0.15) is 25.8 Å². The number of hydrogen-bond donors (Lipinski definition) is 3. The quantitative estimate of drug-likeness (QED) is 0.683.